The number of aromatic nitrogens is 4. The number of nitrogens with zero attached hydrogens (tertiary/aromatic N) is 3. The number of hydrogen-bond acceptors (Lipinski definition) is 6. The predicted molar refractivity (Wildman–Crippen MR) is 72.1 cm³/mol. The van der Waals surface area contributed by atoms with Gasteiger partial charge in [-0.3, -0.25) is 14.3 Å². The first-order valence-electron chi connectivity index (χ1n) is 6.52. The van der Waals surface area contributed by atoms with E-state index in [2.05, 4.69) is 15.0 Å². The summed E-state index contributed by atoms with van der Waals surface area (Å²) in [5.74, 6) is 0.873. The van der Waals surface area contributed by atoms with Crippen molar-refractivity contribution in [2.75, 3.05) is 12.3 Å². The molecule has 8 heteroatoms. The highest BCUT2D eigenvalue weighted by Crippen LogP contribution is 2.36. The van der Waals surface area contributed by atoms with E-state index in [9.17, 15) is 9.90 Å². The second kappa shape index (κ2) is 4.57. The van der Waals surface area contributed by atoms with Crippen LogP contribution in [0.15, 0.2) is 4.79 Å². The minimum Gasteiger partial charge on any atom is -0.394 e. The Morgan fingerprint density at radius 2 is 2.30 bits per heavy atom. The minimum atomic E-state index is -0.362. The van der Waals surface area contributed by atoms with E-state index in [1.807, 2.05) is 6.92 Å². The van der Waals surface area contributed by atoms with Crippen LogP contribution in [0.1, 0.15) is 25.4 Å². The summed E-state index contributed by atoms with van der Waals surface area (Å²) >= 11 is 0. The largest absolute Gasteiger partial charge is 0.394 e. The normalized spacial score (nSPS) is 26.4. The molecule has 1 aliphatic rings. The van der Waals surface area contributed by atoms with Gasteiger partial charge < -0.3 is 15.6 Å². The maximum absolute atomic E-state index is 11.8. The Morgan fingerprint density at radius 3 is 2.95 bits per heavy atom. The number of aliphatic hydroxyl groups excluding tert-OH is 1. The number of nitrogens with one attached hydrogen (secondary N) is 1. The lowest BCUT2D eigenvalue weighted by molar-refractivity contribution is -0.0303. The molecule has 2 unspecified atom stereocenters. The van der Waals surface area contributed by atoms with Crippen LogP contribution in [0.2, 0.25) is 0 Å². The lowest BCUT2D eigenvalue weighted by atomic mass is 10.1. The Morgan fingerprint density at radius 1 is 1.55 bits per heavy atom. The SMILES string of the molecule is Cc1nc2c(=O)[nH]c(N)nc2n1C1O[C@H](CO)CC1C. The van der Waals surface area contributed by atoms with E-state index in [0.717, 1.165) is 6.42 Å². The zero-order chi connectivity index (χ0) is 14.4. The molecule has 2 aromatic heterocycles. The van der Waals surface area contributed by atoms with Gasteiger partial charge in [-0.1, -0.05) is 6.92 Å². The highest BCUT2D eigenvalue weighted by atomic mass is 16.5. The second-order valence-corrected chi connectivity index (χ2v) is 5.20. The molecule has 0 amide bonds. The zero-order valence-electron chi connectivity index (χ0n) is 11.3. The maximum atomic E-state index is 11.8. The molecule has 3 atom stereocenters. The summed E-state index contributed by atoms with van der Waals surface area (Å²) in [5.41, 5.74) is 5.90. The van der Waals surface area contributed by atoms with Crippen molar-refractivity contribution in [2.45, 2.75) is 32.6 Å². The number of aliphatic hydroxyl groups is 1. The lowest BCUT2D eigenvalue weighted by Gasteiger charge is -2.19. The van der Waals surface area contributed by atoms with Gasteiger partial charge in [0.05, 0.1) is 12.7 Å². The fourth-order valence-electron chi connectivity index (χ4n) is 2.77. The van der Waals surface area contributed by atoms with Crippen molar-refractivity contribution < 1.29 is 9.84 Å². The average Bonchev–Trinajstić information content (AvgIpc) is 2.89. The Bertz CT molecular complexity index is 707. The molecule has 0 aromatic carbocycles. The molecule has 20 heavy (non-hydrogen) atoms. The lowest BCUT2D eigenvalue weighted by Crippen LogP contribution is -2.18. The molecule has 0 saturated carbocycles. The van der Waals surface area contributed by atoms with Crippen molar-refractivity contribution in [1.29, 1.82) is 0 Å². The summed E-state index contributed by atoms with van der Waals surface area (Å²) in [6.45, 7) is 3.80. The van der Waals surface area contributed by atoms with Crippen LogP contribution in [0.4, 0.5) is 5.95 Å². The number of imidazole rings is 1. The van der Waals surface area contributed by atoms with Crippen molar-refractivity contribution in [3.8, 4) is 0 Å². The first-order valence-corrected chi connectivity index (χ1v) is 6.52. The fourth-order valence-corrected chi connectivity index (χ4v) is 2.77. The van der Waals surface area contributed by atoms with Crippen LogP contribution in [0.3, 0.4) is 0 Å². The number of aromatic amines is 1. The molecule has 3 heterocycles. The van der Waals surface area contributed by atoms with E-state index < -0.39 is 0 Å². The Hall–Kier alpha value is -1.93. The third-order valence-corrected chi connectivity index (χ3v) is 3.66. The van der Waals surface area contributed by atoms with Gasteiger partial charge in [0.25, 0.3) is 5.56 Å². The van der Waals surface area contributed by atoms with Crippen LogP contribution in [-0.2, 0) is 4.74 Å². The number of H-pyrrole nitrogens is 1. The van der Waals surface area contributed by atoms with Crippen LogP contribution in [0, 0.1) is 12.8 Å². The van der Waals surface area contributed by atoms with Gasteiger partial charge in [0.2, 0.25) is 5.95 Å². The first kappa shape index (κ1) is 13.1. The first-order chi connectivity index (χ1) is 9.51. The van der Waals surface area contributed by atoms with E-state index in [1.165, 1.54) is 0 Å². The van der Waals surface area contributed by atoms with Crippen LogP contribution < -0.4 is 11.3 Å². The summed E-state index contributed by atoms with van der Waals surface area (Å²) in [5, 5.41) is 9.23. The molecule has 0 bridgehead atoms. The minimum absolute atomic E-state index is 0.0251. The standard InChI is InChI=1S/C12H17N5O3/c1-5-3-7(4-18)20-11(5)17-6(2)14-8-9(17)15-12(13)16-10(8)19/h5,7,11,18H,3-4H2,1-2H3,(H3,13,15,16,19)/t5?,7-,11?/m0/s1. The van der Waals surface area contributed by atoms with E-state index in [-0.39, 0.29) is 41.9 Å². The van der Waals surface area contributed by atoms with Gasteiger partial charge in [-0.15, -0.1) is 0 Å². The van der Waals surface area contributed by atoms with Gasteiger partial charge in [-0.25, -0.2) is 4.98 Å². The van der Waals surface area contributed by atoms with Gasteiger partial charge in [0.15, 0.2) is 11.2 Å². The summed E-state index contributed by atoms with van der Waals surface area (Å²) in [6, 6.07) is 0. The van der Waals surface area contributed by atoms with E-state index in [4.69, 9.17) is 10.5 Å². The maximum Gasteiger partial charge on any atom is 0.280 e. The number of nitrogen functional groups attached to an aromatic ring is 1. The number of ether oxygens (including phenoxy) is 1. The van der Waals surface area contributed by atoms with Gasteiger partial charge in [-0.05, 0) is 13.3 Å². The fraction of sp³-hybridized carbons (Fsp3) is 0.583. The topological polar surface area (TPSA) is 119 Å². The smallest absolute Gasteiger partial charge is 0.280 e. The van der Waals surface area contributed by atoms with Gasteiger partial charge in [0, 0.05) is 5.92 Å². The van der Waals surface area contributed by atoms with Gasteiger partial charge in [0.1, 0.15) is 12.1 Å². The molecule has 4 N–H and O–H groups in total. The number of nitrogens with two attached hydrogens (primary N) is 1. The van der Waals surface area contributed by atoms with Gasteiger partial charge in [-0.2, -0.15) is 4.98 Å². The molecule has 0 radical (unpaired) electrons. The molecule has 1 aliphatic heterocycles. The van der Waals surface area contributed by atoms with Crippen LogP contribution in [0.25, 0.3) is 11.2 Å². The molecule has 3 rings (SSSR count). The highest BCUT2D eigenvalue weighted by molar-refractivity contribution is 5.71. The van der Waals surface area contributed by atoms with E-state index >= 15 is 0 Å². The molecule has 0 spiro atoms. The third-order valence-electron chi connectivity index (χ3n) is 3.66. The molecular weight excluding hydrogens is 262 g/mol. The Kier molecular flexibility index (Phi) is 2.98. The monoisotopic (exact) mass is 279 g/mol. The van der Waals surface area contributed by atoms with E-state index in [0.29, 0.717) is 11.5 Å². The molecule has 108 valence electrons. The number of fused-ring (bicyclic) bond motifs is 1. The molecular formula is C12H17N5O3. The van der Waals surface area contributed by atoms with Crippen molar-refractivity contribution in [2.24, 2.45) is 5.92 Å². The molecule has 8 nitrogen and oxygen atoms in total. The zero-order valence-corrected chi connectivity index (χ0v) is 11.3. The number of rotatable bonds is 2. The summed E-state index contributed by atoms with van der Waals surface area (Å²) in [4.78, 5) is 22.7. The average molecular weight is 279 g/mol. The van der Waals surface area contributed by atoms with Crippen LogP contribution in [0.5, 0.6) is 0 Å². The molecule has 1 fully saturated rings. The van der Waals surface area contributed by atoms with Crippen molar-refractivity contribution in [1.82, 2.24) is 19.5 Å². The predicted octanol–water partition coefficient (Wildman–Crippen LogP) is -0.0739. The summed E-state index contributed by atoms with van der Waals surface area (Å²) in [7, 11) is 0. The van der Waals surface area contributed by atoms with Crippen molar-refractivity contribution in [3.63, 3.8) is 0 Å². The van der Waals surface area contributed by atoms with Crippen molar-refractivity contribution in [3.05, 3.63) is 16.2 Å². The third kappa shape index (κ3) is 1.88. The number of anilines is 1. The van der Waals surface area contributed by atoms with Crippen LogP contribution in [-0.4, -0.2) is 37.3 Å². The van der Waals surface area contributed by atoms with Crippen molar-refractivity contribution >= 4 is 17.1 Å². The Labute approximate surface area is 114 Å². The van der Waals surface area contributed by atoms with E-state index in [1.54, 1.807) is 11.5 Å². The second-order valence-electron chi connectivity index (χ2n) is 5.20. The molecule has 2 aromatic rings. The summed E-state index contributed by atoms with van der Waals surface area (Å²) < 4.78 is 7.59. The number of hydrogen-bond donors (Lipinski definition) is 3. The molecule has 0 aliphatic carbocycles. The quantitative estimate of drug-likeness (QED) is 0.707. The van der Waals surface area contributed by atoms with Crippen LogP contribution >= 0.6 is 0 Å². The number of aryl methyl sites for hydroxylation is 1. The molecule has 1 saturated heterocycles. The van der Waals surface area contributed by atoms with Gasteiger partial charge >= 0.3 is 0 Å². The summed E-state index contributed by atoms with van der Waals surface area (Å²) in [6.07, 6.45) is 0.246. The highest BCUT2D eigenvalue weighted by Gasteiger charge is 2.35. The Balaban J connectivity index is 2.16.